The van der Waals surface area contributed by atoms with Crippen molar-refractivity contribution in [2.75, 3.05) is 12.3 Å². The summed E-state index contributed by atoms with van der Waals surface area (Å²) < 4.78 is 27.2. The molecule has 0 aliphatic rings. The van der Waals surface area contributed by atoms with Crippen molar-refractivity contribution in [3.8, 4) is 0 Å². The van der Waals surface area contributed by atoms with Gasteiger partial charge < -0.3 is 4.57 Å². The zero-order valence-corrected chi connectivity index (χ0v) is 11.7. The highest BCUT2D eigenvalue weighted by molar-refractivity contribution is 7.89. The molecule has 0 bridgehead atoms. The van der Waals surface area contributed by atoms with Gasteiger partial charge in [-0.3, -0.25) is 0 Å². The molecule has 0 fully saturated rings. The molecule has 1 rings (SSSR count). The summed E-state index contributed by atoms with van der Waals surface area (Å²) in [5.41, 5.74) is 1.10. The molecule has 0 aliphatic heterocycles. The van der Waals surface area contributed by atoms with Crippen molar-refractivity contribution in [3.05, 3.63) is 17.7 Å². The number of nitrogens with one attached hydrogen (secondary N) is 1. The summed E-state index contributed by atoms with van der Waals surface area (Å²) in [6, 6.07) is 0.343. The van der Waals surface area contributed by atoms with E-state index < -0.39 is 10.0 Å². The van der Waals surface area contributed by atoms with Gasteiger partial charge in [0.15, 0.2) is 0 Å². The molecule has 6 heteroatoms. The average molecular weight is 259 g/mol. The van der Waals surface area contributed by atoms with Crippen LogP contribution in [0.3, 0.4) is 0 Å². The highest BCUT2D eigenvalue weighted by Crippen LogP contribution is 2.12. The average Bonchev–Trinajstić information content (AvgIpc) is 2.59. The van der Waals surface area contributed by atoms with Crippen molar-refractivity contribution in [2.24, 2.45) is 0 Å². The molecular weight excluding hydrogens is 238 g/mol. The van der Waals surface area contributed by atoms with Gasteiger partial charge in [0.25, 0.3) is 0 Å². The standard InChI is InChI=1S/C11H21N3O2S/c1-5-17(15,16)13-7-6-11-12-8-10(4)14(11)9(2)3/h8-9,13H,5-7H2,1-4H3. The summed E-state index contributed by atoms with van der Waals surface area (Å²) >= 11 is 0. The first-order valence-corrected chi connectivity index (χ1v) is 7.52. The molecule has 5 nitrogen and oxygen atoms in total. The monoisotopic (exact) mass is 259 g/mol. The van der Waals surface area contributed by atoms with Gasteiger partial charge in [-0.2, -0.15) is 0 Å². The summed E-state index contributed by atoms with van der Waals surface area (Å²) in [5, 5.41) is 0. The first-order valence-electron chi connectivity index (χ1n) is 5.87. The maximum absolute atomic E-state index is 11.3. The molecule has 1 N–H and O–H groups in total. The van der Waals surface area contributed by atoms with Crippen LogP contribution >= 0.6 is 0 Å². The fraction of sp³-hybridized carbons (Fsp3) is 0.727. The highest BCUT2D eigenvalue weighted by Gasteiger charge is 2.11. The predicted octanol–water partition coefficient (Wildman–Crippen LogP) is 1.25. The molecule has 1 heterocycles. The molecule has 1 aromatic heterocycles. The van der Waals surface area contributed by atoms with Crippen molar-refractivity contribution >= 4 is 10.0 Å². The van der Waals surface area contributed by atoms with E-state index >= 15 is 0 Å². The number of hydrogen-bond donors (Lipinski definition) is 1. The van der Waals surface area contributed by atoms with Crippen LogP contribution in [0.2, 0.25) is 0 Å². The number of nitrogens with zero attached hydrogens (tertiary/aromatic N) is 2. The number of sulfonamides is 1. The number of rotatable bonds is 6. The molecule has 0 unspecified atom stereocenters. The van der Waals surface area contributed by atoms with Gasteiger partial charge in [-0.1, -0.05) is 0 Å². The zero-order valence-electron chi connectivity index (χ0n) is 10.9. The molecule has 0 atom stereocenters. The second-order valence-electron chi connectivity index (χ2n) is 4.33. The first kappa shape index (κ1) is 14.2. The van der Waals surface area contributed by atoms with Crippen molar-refractivity contribution in [3.63, 3.8) is 0 Å². The van der Waals surface area contributed by atoms with E-state index in [1.807, 2.05) is 13.1 Å². The maximum atomic E-state index is 11.3. The minimum Gasteiger partial charge on any atom is -0.330 e. The van der Waals surface area contributed by atoms with E-state index in [9.17, 15) is 8.42 Å². The van der Waals surface area contributed by atoms with Crippen LogP contribution in [0.4, 0.5) is 0 Å². The Labute approximate surface area is 103 Å². The van der Waals surface area contributed by atoms with Crippen molar-refractivity contribution in [1.82, 2.24) is 14.3 Å². The summed E-state index contributed by atoms with van der Waals surface area (Å²) in [6.45, 7) is 8.22. The van der Waals surface area contributed by atoms with E-state index in [4.69, 9.17) is 0 Å². The molecule has 0 saturated heterocycles. The van der Waals surface area contributed by atoms with Crippen LogP contribution in [0.5, 0.6) is 0 Å². The number of aromatic nitrogens is 2. The van der Waals surface area contributed by atoms with Crippen LogP contribution in [0.1, 0.15) is 38.3 Å². The molecule has 98 valence electrons. The van der Waals surface area contributed by atoms with Gasteiger partial charge >= 0.3 is 0 Å². The molecule has 17 heavy (non-hydrogen) atoms. The maximum Gasteiger partial charge on any atom is 0.211 e. The molecule has 0 aromatic carbocycles. The second kappa shape index (κ2) is 5.64. The lowest BCUT2D eigenvalue weighted by molar-refractivity contribution is 0.549. The molecule has 0 spiro atoms. The Morgan fingerprint density at radius 3 is 2.65 bits per heavy atom. The lowest BCUT2D eigenvalue weighted by atomic mass is 10.3. The van der Waals surface area contributed by atoms with E-state index in [-0.39, 0.29) is 5.75 Å². The Kier molecular flexibility index (Phi) is 4.70. The molecule has 0 amide bonds. The summed E-state index contributed by atoms with van der Waals surface area (Å²) in [4.78, 5) is 4.31. The molecule has 0 saturated carbocycles. The van der Waals surface area contributed by atoms with Crippen LogP contribution in [0.15, 0.2) is 6.20 Å². The number of hydrogen-bond acceptors (Lipinski definition) is 3. The van der Waals surface area contributed by atoms with Gasteiger partial charge in [-0.05, 0) is 27.7 Å². The fourth-order valence-corrected chi connectivity index (χ4v) is 2.42. The first-order chi connectivity index (χ1) is 7.87. The minimum atomic E-state index is -3.10. The van der Waals surface area contributed by atoms with Crippen LogP contribution in [-0.2, 0) is 16.4 Å². The lowest BCUT2D eigenvalue weighted by Crippen LogP contribution is -2.28. The van der Waals surface area contributed by atoms with Crippen LogP contribution < -0.4 is 4.72 Å². The lowest BCUT2D eigenvalue weighted by Gasteiger charge is -2.14. The smallest absolute Gasteiger partial charge is 0.211 e. The van der Waals surface area contributed by atoms with Crippen LogP contribution in [0.25, 0.3) is 0 Å². The van der Waals surface area contributed by atoms with E-state index in [0.717, 1.165) is 11.5 Å². The third-order valence-electron chi connectivity index (χ3n) is 2.63. The molecule has 0 radical (unpaired) electrons. The van der Waals surface area contributed by atoms with Crippen molar-refractivity contribution in [2.45, 2.75) is 40.2 Å². The van der Waals surface area contributed by atoms with Crippen LogP contribution in [-0.4, -0.2) is 30.3 Å². The number of aryl methyl sites for hydroxylation is 1. The van der Waals surface area contributed by atoms with Gasteiger partial charge in [-0.25, -0.2) is 18.1 Å². The van der Waals surface area contributed by atoms with Crippen molar-refractivity contribution in [1.29, 1.82) is 0 Å². The normalized spacial score (nSPS) is 12.3. The summed E-state index contributed by atoms with van der Waals surface area (Å²) in [5.74, 6) is 1.04. The van der Waals surface area contributed by atoms with Crippen molar-refractivity contribution < 1.29 is 8.42 Å². The minimum absolute atomic E-state index is 0.116. The molecule has 0 aliphatic carbocycles. The number of imidazole rings is 1. The molecule has 1 aromatic rings. The Balaban J connectivity index is 2.65. The topological polar surface area (TPSA) is 64.0 Å². The largest absolute Gasteiger partial charge is 0.330 e. The van der Waals surface area contributed by atoms with Gasteiger partial charge in [0, 0.05) is 30.9 Å². The van der Waals surface area contributed by atoms with E-state index in [1.54, 1.807) is 6.92 Å². The van der Waals surface area contributed by atoms with E-state index in [2.05, 4.69) is 28.1 Å². The van der Waals surface area contributed by atoms with Crippen LogP contribution in [0, 0.1) is 6.92 Å². The predicted molar refractivity (Wildman–Crippen MR) is 68.5 cm³/mol. The third kappa shape index (κ3) is 3.81. The summed E-state index contributed by atoms with van der Waals surface area (Å²) in [6.07, 6.45) is 2.44. The quantitative estimate of drug-likeness (QED) is 0.836. The van der Waals surface area contributed by atoms with Gasteiger partial charge in [0.2, 0.25) is 10.0 Å². The Hall–Kier alpha value is -0.880. The third-order valence-corrected chi connectivity index (χ3v) is 4.03. The van der Waals surface area contributed by atoms with Gasteiger partial charge in [0.05, 0.1) is 5.75 Å². The Bertz CT molecular complexity index is 463. The second-order valence-corrected chi connectivity index (χ2v) is 6.42. The Morgan fingerprint density at radius 2 is 2.12 bits per heavy atom. The highest BCUT2D eigenvalue weighted by atomic mass is 32.2. The SMILES string of the molecule is CCS(=O)(=O)NCCc1ncc(C)n1C(C)C. The summed E-state index contributed by atoms with van der Waals surface area (Å²) in [7, 11) is -3.10. The van der Waals surface area contributed by atoms with Gasteiger partial charge in [-0.15, -0.1) is 0 Å². The van der Waals surface area contributed by atoms with E-state index in [0.29, 0.717) is 19.0 Å². The van der Waals surface area contributed by atoms with Gasteiger partial charge in [0.1, 0.15) is 5.82 Å². The fourth-order valence-electron chi connectivity index (χ4n) is 1.81. The van der Waals surface area contributed by atoms with E-state index in [1.165, 1.54) is 0 Å². The Morgan fingerprint density at radius 1 is 1.47 bits per heavy atom. The zero-order chi connectivity index (χ0) is 13.1. The molecular formula is C11H21N3O2S.